The molecule has 3 heteroatoms. The standard InChI is InChI=1S/C10H25N3/c1-9(2)10(8-11)12-6-5-7-13(3)4/h9-10,12H,5-8,11H2,1-4H3. The number of nitrogens with two attached hydrogens (primary N) is 1. The zero-order valence-corrected chi connectivity index (χ0v) is 9.51. The molecule has 0 saturated carbocycles. The van der Waals surface area contributed by atoms with E-state index in [0.29, 0.717) is 12.0 Å². The SMILES string of the molecule is CC(C)C(CN)NCCCN(C)C. The molecule has 0 rings (SSSR count). The third-order valence-electron chi connectivity index (χ3n) is 2.25. The third kappa shape index (κ3) is 6.99. The predicted molar refractivity (Wildman–Crippen MR) is 58.9 cm³/mol. The van der Waals surface area contributed by atoms with Gasteiger partial charge < -0.3 is 16.0 Å². The highest BCUT2D eigenvalue weighted by Gasteiger charge is 2.09. The quantitative estimate of drug-likeness (QED) is 0.571. The van der Waals surface area contributed by atoms with E-state index < -0.39 is 0 Å². The van der Waals surface area contributed by atoms with Crippen LogP contribution in [0.3, 0.4) is 0 Å². The first kappa shape index (κ1) is 12.9. The first-order valence-electron chi connectivity index (χ1n) is 5.16. The van der Waals surface area contributed by atoms with Crippen LogP contribution in [0.25, 0.3) is 0 Å². The Morgan fingerprint density at radius 3 is 2.31 bits per heavy atom. The summed E-state index contributed by atoms with van der Waals surface area (Å²) in [6.07, 6.45) is 1.19. The van der Waals surface area contributed by atoms with Crippen molar-refractivity contribution in [1.29, 1.82) is 0 Å². The molecule has 0 aromatic heterocycles. The van der Waals surface area contributed by atoms with Gasteiger partial charge in [0.15, 0.2) is 0 Å². The molecule has 3 N–H and O–H groups in total. The fraction of sp³-hybridized carbons (Fsp3) is 1.00. The molecule has 0 radical (unpaired) electrons. The van der Waals surface area contributed by atoms with Crippen molar-refractivity contribution in [2.24, 2.45) is 11.7 Å². The van der Waals surface area contributed by atoms with Gasteiger partial charge in [0, 0.05) is 12.6 Å². The van der Waals surface area contributed by atoms with Crippen molar-refractivity contribution >= 4 is 0 Å². The second-order valence-electron chi connectivity index (χ2n) is 4.20. The number of hydrogen-bond donors (Lipinski definition) is 2. The summed E-state index contributed by atoms with van der Waals surface area (Å²) in [4.78, 5) is 2.20. The average molecular weight is 187 g/mol. The van der Waals surface area contributed by atoms with E-state index in [1.54, 1.807) is 0 Å². The van der Waals surface area contributed by atoms with Gasteiger partial charge in [0.25, 0.3) is 0 Å². The molecular weight excluding hydrogens is 162 g/mol. The number of nitrogens with zero attached hydrogens (tertiary/aromatic N) is 1. The summed E-state index contributed by atoms with van der Waals surface area (Å²) in [5.74, 6) is 0.629. The summed E-state index contributed by atoms with van der Waals surface area (Å²) in [5, 5.41) is 3.47. The maximum atomic E-state index is 5.64. The molecule has 0 spiro atoms. The summed E-state index contributed by atoms with van der Waals surface area (Å²) in [6.45, 7) is 7.35. The Hall–Kier alpha value is -0.120. The first-order valence-corrected chi connectivity index (χ1v) is 5.16. The topological polar surface area (TPSA) is 41.3 Å². The minimum Gasteiger partial charge on any atom is -0.329 e. The fourth-order valence-corrected chi connectivity index (χ4v) is 1.27. The number of nitrogens with one attached hydrogen (secondary N) is 1. The summed E-state index contributed by atoms with van der Waals surface area (Å²) in [6, 6.07) is 0.474. The second-order valence-corrected chi connectivity index (χ2v) is 4.20. The predicted octanol–water partition coefficient (Wildman–Crippen LogP) is 0.511. The van der Waals surface area contributed by atoms with Crippen LogP contribution < -0.4 is 11.1 Å². The molecular formula is C10H25N3. The van der Waals surface area contributed by atoms with Crippen LogP contribution in [-0.4, -0.2) is 44.7 Å². The minimum absolute atomic E-state index is 0.474. The Morgan fingerprint density at radius 1 is 1.31 bits per heavy atom. The van der Waals surface area contributed by atoms with Crippen LogP contribution in [0.4, 0.5) is 0 Å². The van der Waals surface area contributed by atoms with Gasteiger partial charge in [0.05, 0.1) is 0 Å². The normalized spacial score (nSPS) is 14.1. The van der Waals surface area contributed by atoms with Gasteiger partial charge in [-0.05, 0) is 39.5 Å². The highest BCUT2D eigenvalue weighted by molar-refractivity contribution is 4.70. The van der Waals surface area contributed by atoms with Crippen LogP contribution in [0.15, 0.2) is 0 Å². The smallest absolute Gasteiger partial charge is 0.0213 e. The lowest BCUT2D eigenvalue weighted by molar-refractivity contribution is 0.364. The summed E-state index contributed by atoms with van der Waals surface area (Å²) in [5.41, 5.74) is 5.64. The van der Waals surface area contributed by atoms with Gasteiger partial charge in [-0.3, -0.25) is 0 Å². The number of hydrogen-bond acceptors (Lipinski definition) is 3. The summed E-state index contributed by atoms with van der Waals surface area (Å²) in [7, 11) is 4.20. The molecule has 80 valence electrons. The lowest BCUT2D eigenvalue weighted by Crippen LogP contribution is -2.41. The average Bonchev–Trinajstić information content (AvgIpc) is 2.03. The molecule has 3 nitrogen and oxygen atoms in total. The lowest BCUT2D eigenvalue weighted by Gasteiger charge is -2.21. The highest BCUT2D eigenvalue weighted by Crippen LogP contribution is 1.98. The first-order chi connectivity index (χ1) is 6.07. The van der Waals surface area contributed by atoms with Gasteiger partial charge in [-0.25, -0.2) is 0 Å². The fourth-order valence-electron chi connectivity index (χ4n) is 1.27. The van der Waals surface area contributed by atoms with Gasteiger partial charge in [-0.1, -0.05) is 13.8 Å². The molecule has 0 saturated heterocycles. The highest BCUT2D eigenvalue weighted by atomic mass is 15.1. The minimum atomic E-state index is 0.474. The Morgan fingerprint density at radius 2 is 1.92 bits per heavy atom. The molecule has 0 fully saturated rings. The molecule has 0 aliphatic carbocycles. The van der Waals surface area contributed by atoms with Crippen molar-refractivity contribution in [3.8, 4) is 0 Å². The van der Waals surface area contributed by atoms with E-state index in [2.05, 4.69) is 38.2 Å². The van der Waals surface area contributed by atoms with Crippen molar-refractivity contribution in [3.05, 3.63) is 0 Å². The van der Waals surface area contributed by atoms with Gasteiger partial charge in [0.2, 0.25) is 0 Å². The van der Waals surface area contributed by atoms with Crippen molar-refractivity contribution in [2.75, 3.05) is 33.7 Å². The van der Waals surface area contributed by atoms with E-state index in [1.807, 2.05) is 0 Å². The monoisotopic (exact) mass is 187 g/mol. The van der Waals surface area contributed by atoms with E-state index in [9.17, 15) is 0 Å². The molecule has 1 unspecified atom stereocenters. The van der Waals surface area contributed by atoms with E-state index in [4.69, 9.17) is 5.73 Å². The van der Waals surface area contributed by atoms with Crippen molar-refractivity contribution in [2.45, 2.75) is 26.3 Å². The largest absolute Gasteiger partial charge is 0.329 e. The second kappa shape index (κ2) is 7.30. The molecule has 1 atom stereocenters. The van der Waals surface area contributed by atoms with E-state index in [0.717, 1.165) is 19.6 Å². The van der Waals surface area contributed by atoms with Crippen LogP contribution >= 0.6 is 0 Å². The molecule has 0 aliphatic rings. The van der Waals surface area contributed by atoms with Crippen LogP contribution in [0.2, 0.25) is 0 Å². The zero-order valence-electron chi connectivity index (χ0n) is 9.51. The van der Waals surface area contributed by atoms with Crippen molar-refractivity contribution < 1.29 is 0 Å². The Labute approximate surface area is 82.7 Å². The molecule has 0 aliphatic heterocycles. The lowest BCUT2D eigenvalue weighted by atomic mass is 10.0. The Bertz CT molecular complexity index is 113. The zero-order chi connectivity index (χ0) is 10.3. The molecule has 0 aromatic carbocycles. The van der Waals surface area contributed by atoms with Crippen LogP contribution in [0.1, 0.15) is 20.3 Å². The Kier molecular flexibility index (Phi) is 7.23. The molecule has 0 heterocycles. The summed E-state index contributed by atoms with van der Waals surface area (Å²) >= 11 is 0. The van der Waals surface area contributed by atoms with Crippen LogP contribution in [0, 0.1) is 5.92 Å². The van der Waals surface area contributed by atoms with E-state index in [1.165, 1.54) is 6.42 Å². The maximum absolute atomic E-state index is 5.64. The molecule has 0 amide bonds. The van der Waals surface area contributed by atoms with Gasteiger partial charge >= 0.3 is 0 Å². The molecule has 13 heavy (non-hydrogen) atoms. The third-order valence-corrected chi connectivity index (χ3v) is 2.25. The van der Waals surface area contributed by atoms with Gasteiger partial charge in [-0.15, -0.1) is 0 Å². The van der Waals surface area contributed by atoms with Gasteiger partial charge in [-0.2, -0.15) is 0 Å². The molecule has 0 aromatic rings. The number of rotatable bonds is 7. The summed E-state index contributed by atoms with van der Waals surface area (Å²) < 4.78 is 0. The van der Waals surface area contributed by atoms with E-state index >= 15 is 0 Å². The van der Waals surface area contributed by atoms with Crippen molar-refractivity contribution in [3.63, 3.8) is 0 Å². The molecule has 0 bridgehead atoms. The van der Waals surface area contributed by atoms with E-state index in [-0.39, 0.29) is 0 Å². The van der Waals surface area contributed by atoms with Crippen molar-refractivity contribution in [1.82, 2.24) is 10.2 Å². The van der Waals surface area contributed by atoms with Crippen LogP contribution in [-0.2, 0) is 0 Å². The van der Waals surface area contributed by atoms with Crippen LogP contribution in [0.5, 0.6) is 0 Å². The maximum Gasteiger partial charge on any atom is 0.0213 e. The Balaban J connectivity index is 3.39. The van der Waals surface area contributed by atoms with Gasteiger partial charge in [0.1, 0.15) is 0 Å².